The van der Waals surface area contributed by atoms with Crippen LogP contribution in [0.3, 0.4) is 0 Å². The van der Waals surface area contributed by atoms with E-state index in [1.807, 2.05) is 6.08 Å². The SMILES string of the molecule is C=C/C=C(\C)NS(=O)(=O)/C(=C/C=C)C/C=C\COCCCC. The van der Waals surface area contributed by atoms with E-state index in [1.54, 1.807) is 19.1 Å². The second kappa shape index (κ2) is 12.0. The average Bonchev–Trinajstić information content (AvgIpc) is 2.44. The predicted molar refractivity (Wildman–Crippen MR) is 93.8 cm³/mol. The number of hydrogen-bond donors (Lipinski definition) is 1. The largest absolute Gasteiger partial charge is 0.377 e. The van der Waals surface area contributed by atoms with Gasteiger partial charge in [-0.2, -0.15) is 0 Å². The van der Waals surface area contributed by atoms with E-state index in [0.29, 0.717) is 18.7 Å². The van der Waals surface area contributed by atoms with E-state index in [2.05, 4.69) is 24.8 Å². The number of unbranched alkanes of at least 4 members (excludes halogenated alkanes) is 1. The minimum Gasteiger partial charge on any atom is -0.377 e. The molecule has 1 N–H and O–H groups in total. The summed E-state index contributed by atoms with van der Waals surface area (Å²) in [6.45, 7) is 12.1. The van der Waals surface area contributed by atoms with Gasteiger partial charge in [0.2, 0.25) is 0 Å². The van der Waals surface area contributed by atoms with E-state index in [-0.39, 0.29) is 4.91 Å². The van der Waals surface area contributed by atoms with Crippen LogP contribution in [-0.2, 0) is 14.8 Å². The first kappa shape index (κ1) is 20.4. The van der Waals surface area contributed by atoms with E-state index in [1.165, 1.54) is 18.2 Å². The van der Waals surface area contributed by atoms with Crippen molar-refractivity contribution in [3.63, 3.8) is 0 Å². The molecule has 0 aromatic rings. The summed E-state index contributed by atoms with van der Waals surface area (Å²) in [6.07, 6.45) is 12.1. The van der Waals surface area contributed by atoms with Crippen LogP contribution in [0.5, 0.6) is 0 Å². The zero-order chi connectivity index (χ0) is 16.8. The number of rotatable bonds is 12. The Morgan fingerprint density at radius 1 is 1.18 bits per heavy atom. The molecule has 0 fully saturated rings. The maximum atomic E-state index is 12.2. The summed E-state index contributed by atoms with van der Waals surface area (Å²) in [7, 11) is -3.58. The maximum Gasteiger partial charge on any atom is 0.258 e. The Balaban J connectivity index is 4.63. The van der Waals surface area contributed by atoms with E-state index >= 15 is 0 Å². The lowest BCUT2D eigenvalue weighted by molar-refractivity contribution is 0.159. The molecule has 5 heteroatoms. The van der Waals surface area contributed by atoms with Crippen molar-refractivity contribution < 1.29 is 13.2 Å². The first-order chi connectivity index (χ1) is 10.5. The molecule has 0 unspecified atom stereocenters. The molecule has 22 heavy (non-hydrogen) atoms. The van der Waals surface area contributed by atoms with Crippen LogP contribution in [0.25, 0.3) is 0 Å². The molecular formula is C17H27NO3S. The van der Waals surface area contributed by atoms with Gasteiger partial charge in [0.15, 0.2) is 0 Å². The van der Waals surface area contributed by atoms with Gasteiger partial charge in [0, 0.05) is 18.7 Å². The quantitative estimate of drug-likeness (QED) is 0.337. The van der Waals surface area contributed by atoms with Crippen molar-refractivity contribution in [3.05, 3.63) is 60.2 Å². The van der Waals surface area contributed by atoms with Crippen molar-refractivity contribution in [1.29, 1.82) is 0 Å². The Morgan fingerprint density at radius 3 is 2.45 bits per heavy atom. The third kappa shape index (κ3) is 9.37. The predicted octanol–water partition coefficient (Wildman–Crippen LogP) is 3.83. The Bertz CT molecular complexity index is 528. The van der Waals surface area contributed by atoms with Gasteiger partial charge in [-0.1, -0.05) is 50.8 Å². The summed E-state index contributed by atoms with van der Waals surface area (Å²) in [5.74, 6) is 0. The third-order valence-electron chi connectivity index (χ3n) is 2.65. The molecule has 0 bridgehead atoms. The van der Waals surface area contributed by atoms with Crippen molar-refractivity contribution in [2.24, 2.45) is 0 Å². The molecule has 0 atom stereocenters. The highest BCUT2D eigenvalue weighted by Gasteiger charge is 2.15. The van der Waals surface area contributed by atoms with Gasteiger partial charge in [-0.25, -0.2) is 8.42 Å². The standard InChI is InChI=1S/C17H27NO3S/c1-5-8-14-21-15-10-9-13-17(12-7-3)22(19,20)18-16(4)11-6-2/h6-7,9-12,18H,2-3,5,8,13-15H2,1,4H3/b10-9-,16-11+,17-12+. The van der Waals surface area contributed by atoms with Crippen molar-refractivity contribution in [2.75, 3.05) is 13.2 Å². The van der Waals surface area contributed by atoms with Crippen LogP contribution in [0.4, 0.5) is 0 Å². The lowest BCUT2D eigenvalue weighted by atomic mass is 10.3. The van der Waals surface area contributed by atoms with Gasteiger partial charge in [0.05, 0.1) is 11.5 Å². The van der Waals surface area contributed by atoms with Crippen molar-refractivity contribution >= 4 is 10.0 Å². The molecule has 0 aliphatic heterocycles. The van der Waals surface area contributed by atoms with Crippen LogP contribution >= 0.6 is 0 Å². The first-order valence-corrected chi connectivity index (χ1v) is 8.82. The fraction of sp³-hybridized carbons (Fsp3) is 0.412. The van der Waals surface area contributed by atoms with Crippen molar-refractivity contribution in [1.82, 2.24) is 4.72 Å². The highest BCUT2D eigenvalue weighted by molar-refractivity contribution is 7.93. The molecule has 0 aliphatic rings. The topological polar surface area (TPSA) is 55.4 Å². The minimum atomic E-state index is -3.58. The maximum absolute atomic E-state index is 12.2. The first-order valence-electron chi connectivity index (χ1n) is 7.34. The van der Waals surface area contributed by atoms with Gasteiger partial charge in [-0.05, 0) is 25.5 Å². The number of allylic oxidation sites excluding steroid dienone is 7. The van der Waals surface area contributed by atoms with Gasteiger partial charge in [-0.15, -0.1) is 0 Å². The second-order valence-corrected chi connectivity index (χ2v) is 6.40. The molecule has 0 rings (SSSR count). The summed E-state index contributed by atoms with van der Waals surface area (Å²) < 4.78 is 32.4. The molecular weight excluding hydrogens is 298 g/mol. The monoisotopic (exact) mass is 325 g/mol. The van der Waals surface area contributed by atoms with Gasteiger partial charge in [-0.3, -0.25) is 4.72 Å². The molecule has 0 heterocycles. The number of nitrogens with one attached hydrogen (secondary N) is 1. The normalized spacial score (nSPS) is 13.4. The van der Waals surface area contributed by atoms with Crippen LogP contribution in [0.2, 0.25) is 0 Å². The summed E-state index contributed by atoms with van der Waals surface area (Å²) in [5.41, 5.74) is 0.511. The molecule has 0 saturated carbocycles. The van der Waals surface area contributed by atoms with Crippen LogP contribution in [0.15, 0.2) is 60.2 Å². The van der Waals surface area contributed by atoms with Gasteiger partial charge < -0.3 is 4.74 Å². The fourth-order valence-electron chi connectivity index (χ4n) is 1.55. The lowest BCUT2D eigenvalue weighted by Crippen LogP contribution is -2.23. The summed E-state index contributed by atoms with van der Waals surface area (Å²) >= 11 is 0. The zero-order valence-corrected chi connectivity index (χ0v) is 14.4. The molecule has 0 spiro atoms. The Morgan fingerprint density at radius 2 is 1.86 bits per heavy atom. The molecule has 0 aromatic heterocycles. The Labute approximate surface area is 135 Å². The zero-order valence-electron chi connectivity index (χ0n) is 13.5. The van der Waals surface area contributed by atoms with E-state index < -0.39 is 10.0 Å². The molecule has 0 aromatic carbocycles. The highest BCUT2D eigenvalue weighted by atomic mass is 32.2. The van der Waals surface area contributed by atoms with Crippen LogP contribution < -0.4 is 4.72 Å². The summed E-state index contributed by atoms with van der Waals surface area (Å²) in [5, 5.41) is 0. The third-order valence-corrected chi connectivity index (χ3v) is 4.24. The fourth-order valence-corrected chi connectivity index (χ4v) is 2.77. The van der Waals surface area contributed by atoms with Gasteiger partial charge >= 0.3 is 0 Å². The van der Waals surface area contributed by atoms with Crippen molar-refractivity contribution in [3.8, 4) is 0 Å². The molecule has 0 aliphatic carbocycles. The van der Waals surface area contributed by atoms with E-state index in [4.69, 9.17) is 4.74 Å². The number of hydrogen-bond acceptors (Lipinski definition) is 3. The lowest BCUT2D eigenvalue weighted by Gasteiger charge is -2.10. The van der Waals surface area contributed by atoms with Crippen molar-refractivity contribution in [2.45, 2.75) is 33.1 Å². The summed E-state index contributed by atoms with van der Waals surface area (Å²) in [4.78, 5) is 0.254. The highest BCUT2D eigenvalue weighted by Crippen LogP contribution is 2.12. The number of sulfonamides is 1. The Kier molecular flexibility index (Phi) is 11.1. The molecule has 0 amide bonds. The smallest absolute Gasteiger partial charge is 0.258 e. The van der Waals surface area contributed by atoms with Gasteiger partial charge in [0.25, 0.3) is 10.0 Å². The minimum absolute atomic E-state index is 0.254. The van der Waals surface area contributed by atoms with E-state index in [0.717, 1.165) is 19.4 Å². The second-order valence-electron chi connectivity index (χ2n) is 4.66. The van der Waals surface area contributed by atoms with Gasteiger partial charge in [0.1, 0.15) is 0 Å². The van der Waals surface area contributed by atoms with Crippen LogP contribution in [-0.4, -0.2) is 21.6 Å². The van der Waals surface area contributed by atoms with Crippen LogP contribution in [0.1, 0.15) is 33.1 Å². The molecule has 0 radical (unpaired) electrons. The Hall–Kier alpha value is -1.59. The number of ether oxygens (including phenoxy) is 1. The van der Waals surface area contributed by atoms with Crippen LogP contribution in [0, 0.1) is 0 Å². The summed E-state index contributed by atoms with van der Waals surface area (Å²) in [6, 6.07) is 0. The molecule has 0 saturated heterocycles. The average molecular weight is 325 g/mol. The molecule has 124 valence electrons. The van der Waals surface area contributed by atoms with E-state index in [9.17, 15) is 8.42 Å². The molecule has 4 nitrogen and oxygen atoms in total.